The average molecular weight is 382 g/mol. The summed E-state index contributed by atoms with van der Waals surface area (Å²) in [5.74, 6) is -0.0914. The number of halogens is 1. The molecule has 2 N–H and O–H groups in total. The Morgan fingerprint density at radius 2 is 1.81 bits per heavy atom. The number of aromatic amines is 1. The van der Waals surface area contributed by atoms with Crippen LogP contribution in [-0.4, -0.2) is 19.9 Å². The SMILES string of the molecule is CC(C)c1ccc(-n2nc(O)c3[nH]c4cc(Cl)ccc4c(=O)c3c2=O)cc1. The van der Waals surface area contributed by atoms with Gasteiger partial charge >= 0.3 is 0 Å². The van der Waals surface area contributed by atoms with Crippen molar-refractivity contribution in [3.05, 3.63) is 73.6 Å². The number of nitrogens with one attached hydrogen (secondary N) is 1. The van der Waals surface area contributed by atoms with Crippen LogP contribution in [-0.2, 0) is 0 Å². The van der Waals surface area contributed by atoms with Gasteiger partial charge in [0.25, 0.3) is 11.4 Å². The number of H-pyrrole nitrogens is 1. The van der Waals surface area contributed by atoms with Gasteiger partial charge in [0.05, 0.1) is 11.2 Å². The molecular weight excluding hydrogens is 366 g/mol. The second kappa shape index (κ2) is 6.25. The molecular formula is C20H16ClN3O3. The predicted molar refractivity (Wildman–Crippen MR) is 106 cm³/mol. The van der Waals surface area contributed by atoms with Crippen LogP contribution in [0, 0.1) is 0 Å². The molecule has 2 aromatic heterocycles. The summed E-state index contributed by atoms with van der Waals surface area (Å²) in [6.45, 7) is 4.14. The molecule has 2 aromatic carbocycles. The Labute approximate surface area is 158 Å². The van der Waals surface area contributed by atoms with E-state index in [1.807, 2.05) is 12.1 Å². The van der Waals surface area contributed by atoms with Crippen LogP contribution in [0.3, 0.4) is 0 Å². The lowest BCUT2D eigenvalue weighted by molar-refractivity contribution is 0.443. The third kappa shape index (κ3) is 2.78. The highest BCUT2D eigenvalue weighted by Crippen LogP contribution is 2.22. The Morgan fingerprint density at radius 1 is 1.11 bits per heavy atom. The summed E-state index contributed by atoms with van der Waals surface area (Å²) < 4.78 is 1.04. The fourth-order valence-electron chi connectivity index (χ4n) is 3.11. The molecule has 0 aliphatic rings. The lowest BCUT2D eigenvalue weighted by Gasteiger charge is -2.10. The van der Waals surface area contributed by atoms with Crippen LogP contribution in [0.2, 0.25) is 5.02 Å². The fraction of sp³-hybridized carbons (Fsp3) is 0.150. The maximum Gasteiger partial charge on any atom is 0.285 e. The van der Waals surface area contributed by atoms with E-state index in [2.05, 4.69) is 23.9 Å². The molecule has 4 aromatic rings. The van der Waals surface area contributed by atoms with Gasteiger partial charge < -0.3 is 10.1 Å². The van der Waals surface area contributed by atoms with E-state index in [0.29, 0.717) is 27.5 Å². The zero-order chi connectivity index (χ0) is 19.3. The van der Waals surface area contributed by atoms with E-state index in [-0.39, 0.29) is 10.9 Å². The van der Waals surface area contributed by atoms with Gasteiger partial charge in [0.1, 0.15) is 10.9 Å². The van der Waals surface area contributed by atoms with E-state index in [0.717, 1.165) is 10.2 Å². The second-order valence-corrected chi connectivity index (χ2v) is 7.12. The number of fused-ring (bicyclic) bond motifs is 2. The number of hydrogen-bond acceptors (Lipinski definition) is 4. The molecule has 0 fully saturated rings. The first kappa shape index (κ1) is 17.3. The van der Waals surface area contributed by atoms with Crippen LogP contribution in [0.4, 0.5) is 0 Å². The smallest absolute Gasteiger partial charge is 0.285 e. The van der Waals surface area contributed by atoms with E-state index in [9.17, 15) is 14.7 Å². The van der Waals surface area contributed by atoms with Crippen LogP contribution in [0.5, 0.6) is 5.88 Å². The molecule has 2 heterocycles. The van der Waals surface area contributed by atoms with Crippen molar-refractivity contribution < 1.29 is 5.11 Å². The van der Waals surface area contributed by atoms with Crippen molar-refractivity contribution in [2.75, 3.05) is 0 Å². The number of rotatable bonds is 2. The highest BCUT2D eigenvalue weighted by atomic mass is 35.5. The van der Waals surface area contributed by atoms with E-state index >= 15 is 0 Å². The topological polar surface area (TPSA) is 88.0 Å². The summed E-state index contributed by atoms with van der Waals surface area (Å²) in [4.78, 5) is 28.8. The summed E-state index contributed by atoms with van der Waals surface area (Å²) >= 11 is 5.97. The fourth-order valence-corrected chi connectivity index (χ4v) is 3.28. The standard InChI is InChI=1S/C20H16ClN3O3/c1-10(2)11-3-6-13(7-4-11)24-20(27)16-17(19(26)23-24)22-15-9-12(21)5-8-14(15)18(16)25/h3-10H,1-2H3,(H,22,25)(H,23,26). The second-order valence-electron chi connectivity index (χ2n) is 6.68. The van der Waals surface area contributed by atoms with Gasteiger partial charge in [0.2, 0.25) is 5.43 Å². The van der Waals surface area contributed by atoms with E-state index in [1.54, 1.807) is 30.3 Å². The monoisotopic (exact) mass is 381 g/mol. The maximum atomic E-state index is 13.0. The molecule has 136 valence electrons. The third-order valence-corrected chi connectivity index (χ3v) is 4.83. The normalized spacial score (nSPS) is 11.6. The minimum Gasteiger partial charge on any atom is -0.491 e. The summed E-state index contributed by atoms with van der Waals surface area (Å²) in [6.07, 6.45) is 0. The molecule has 0 saturated heterocycles. The van der Waals surface area contributed by atoms with Crippen molar-refractivity contribution >= 4 is 33.4 Å². The molecule has 4 rings (SSSR count). The highest BCUT2D eigenvalue weighted by Gasteiger charge is 2.17. The van der Waals surface area contributed by atoms with Crippen molar-refractivity contribution in [1.82, 2.24) is 14.8 Å². The summed E-state index contributed by atoms with van der Waals surface area (Å²) in [5, 5.41) is 14.9. The van der Waals surface area contributed by atoms with Gasteiger partial charge in [-0.2, -0.15) is 4.68 Å². The van der Waals surface area contributed by atoms with Crippen LogP contribution in [0.15, 0.2) is 52.1 Å². The van der Waals surface area contributed by atoms with Gasteiger partial charge in [-0.15, -0.1) is 5.10 Å². The van der Waals surface area contributed by atoms with Crippen LogP contribution in [0.25, 0.3) is 27.5 Å². The lowest BCUT2D eigenvalue weighted by atomic mass is 10.0. The Balaban J connectivity index is 2.04. The van der Waals surface area contributed by atoms with Crippen LogP contribution in [0.1, 0.15) is 25.3 Å². The minimum absolute atomic E-state index is 0.00480. The zero-order valence-corrected chi connectivity index (χ0v) is 15.4. The van der Waals surface area contributed by atoms with Gasteiger partial charge in [0, 0.05) is 10.4 Å². The van der Waals surface area contributed by atoms with Crippen molar-refractivity contribution in [2.24, 2.45) is 0 Å². The minimum atomic E-state index is -0.599. The molecule has 0 bridgehead atoms. The molecule has 7 heteroatoms. The molecule has 0 spiro atoms. The number of nitrogens with zero attached hydrogens (tertiary/aromatic N) is 2. The molecule has 0 atom stereocenters. The van der Waals surface area contributed by atoms with Crippen LogP contribution >= 0.6 is 11.6 Å². The predicted octanol–water partition coefficient (Wildman–Crippen LogP) is 3.71. The van der Waals surface area contributed by atoms with Gasteiger partial charge in [-0.1, -0.05) is 37.6 Å². The third-order valence-electron chi connectivity index (χ3n) is 4.59. The number of benzene rings is 2. The Morgan fingerprint density at radius 3 is 2.48 bits per heavy atom. The highest BCUT2D eigenvalue weighted by molar-refractivity contribution is 6.31. The first-order chi connectivity index (χ1) is 12.9. The first-order valence-corrected chi connectivity index (χ1v) is 8.82. The quantitative estimate of drug-likeness (QED) is 0.518. The molecule has 0 aliphatic carbocycles. The molecule has 27 heavy (non-hydrogen) atoms. The largest absolute Gasteiger partial charge is 0.491 e. The zero-order valence-electron chi connectivity index (χ0n) is 14.7. The maximum absolute atomic E-state index is 13.0. The molecule has 0 amide bonds. The van der Waals surface area contributed by atoms with Gasteiger partial charge in [-0.25, -0.2) is 0 Å². The molecule has 0 saturated carbocycles. The van der Waals surface area contributed by atoms with Crippen molar-refractivity contribution in [1.29, 1.82) is 0 Å². The van der Waals surface area contributed by atoms with Crippen LogP contribution < -0.4 is 11.0 Å². The van der Waals surface area contributed by atoms with E-state index in [1.165, 1.54) is 0 Å². The summed E-state index contributed by atoms with van der Waals surface area (Å²) in [5.41, 5.74) is 0.920. The average Bonchev–Trinajstić information content (AvgIpc) is 2.64. The number of aromatic hydroxyl groups is 1. The summed E-state index contributed by atoms with van der Waals surface area (Å²) in [7, 11) is 0. The lowest BCUT2D eigenvalue weighted by Crippen LogP contribution is -2.26. The van der Waals surface area contributed by atoms with Crippen molar-refractivity contribution in [3.63, 3.8) is 0 Å². The molecule has 0 unspecified atom stereocenters. The number of aromatic nitrogens is 3. The Kier molecular flexibility index (Phi) is 4.00. The van der Waals surface area contributed by atoms with Crippen molar-refractivity contribution in [3.8, 4) is 11.6 Å². The first-order valence-electron chi connectivity index (χ1n) is 8.44. The molecule has 6 nitrogen and oxygen atoms in total. The van der Waals surface area contributed by atoms with Gasteiger partial charge in [-0.3, -0.25) is 9.59 Å². The molecule has 0 radical (unpaired) electrons. The van der Waals surface area contributed by atoms with Gasteiger partial charge in [-0.05, 0) is 41.8 Å². The van der Waals surface area contributed by atoms with Crippen molar-refractivity contribution in [2.45, 2.75) is 19.8 Å². The Hall–Kier alpha value is -3.12. The van der Waals surface area contributed by atoms with E-state index in [4.69, 9.17) is 11.6 Å². The van der Waals surface area contributed by atoms with E-state index < -0.39 is 16.9 Å². The molecule has 0 aliphatic heterocycles. The Bertz CT molecular complexity index is 1300. The number of hydrogen-bond donors (Lipinski definition) is 2. The van der Waals surface area contributed by atoms with Gasteiger partial charge in [0.15, 0.2) is 0 Å². The summed E-state index contributed by atoms with van der Waals surface area (Å²) in [6, 6.07) is 12.0. The number of pyridine rings is 1.